The van der Waals surface area contributed by atoms with Gasteiger partial charge >= 0.3 is 0 Å². The summed E-state index contributed by atoms with van der Waals surface area (Å²) in [5.41, 5.74) is 0.589. The number of hydrogen-bond acceptors (Lipinski definition) is 1. The maximum atomic E-state index is 12.8. The third kappa shape index (κ3) is 4.63. The molecule has 0 N–H and O–H groups in total. The van der Waals surface area contributed by atoms with E-state index in [4.69, 9.17) is 0 Å². The Morgan fingerprint density at radius 3 is 2.38 bits per heavy atom. The number of rotatable bonds is 5. The van der Waals surface area contributed by atoms with E-state index in [0.717, 1.165) is 0 Å². The molecular formula is C11H18FN. The van der Waals surface area contributed by atoms with Crippen LogP contribution in [-0.4, -0.2) is 24.5 Å². The van der Waals surface area contributed by atoms with E-state index in [2.05, 4.69) is 27.0 Å². The Balaban J connectivity index is 4.36. The molecule has 0 saturated carbocycles. The van der Waals surface area contributed by atoms with Gasteiger partial charge in [-0.1, -0.05) is 25.3 Å². The minimum absolute atomic E-state index is 0.382. The van der Waals surface area contributed by atoms with Gasteiger partial charge in [-0.2, -0.15) is 0 Å². The Bertz CT molecular complexity index is 216. The molecule has 0 aliphatic carbocycles. The van der Waals surface area contributed by atoms with Crippen LogP contribution in [0.25, 0.3) is 0 Å². The molecule has 0 fully saturated rings. The second-order valence-corrected chi connectivity index (χ2v) is 3.34. The van der Waals surface area contributed by atoms with E-state index in [0.29, 0.717) is 18.2 Å². The van der Waals surface area contributed by atoms with Gasteiger partial charge in [-0.05, 0) is 20.9 Å². The van der Waals surface area contributed by atoms with E-state index in [9.17, 15) is 4.39 Å². The number of allylic oxidation sites excluding steroid dienone is 2. The lowest BCUT2D eigenvalue weighted by Gasteiger charge is -2.21. The van der Waals surface area contributed by atoms with Crippen molar-refractivity contribution in [3.05, 3.63) is 36.7 Å². The van der Waals surface area contributed by atoms with Crippen molar-refractivity contribution in [1.82, 2.24) is 4.90 Å². The Hall–Kier alpha value is -0.890. The van der Waals surface area contributed by atoms with Crippen LogP contribution in [0.1, 0.15) is 13.8 Å². The first-order valence-corrected chi connectivity index (χ1v) is 4.35. The predicted molar refractivity (Wildman–Crippen MR) is 56.3 cm³/mol. The van der Waals surface area contributed by atoms with Crippen LogP contribution in [0.5, 0.6) is 0 Å². The van der Waals surface area contributed by atoms with Crippen LogP contribution in [0.2, 0.25) is 0 Å². The molecule has 0 aliphatic heterocycles. The SMILES string of the molecule is C=C/C=C(/CN(C)C(C)C)C(=C)F. The number of likely N-dealkylation sites (N-methyl/N-ethyl adjacent to an activating group) is 1. The lowest BCUT2D eigenvalue weighted by atomic mass is 10.2. The molecular weight excluding hydrogens is 165 g/mol. The zero-order valence-electron chi connectivity index (χ0n) is 8.68. The fraction of sp³-hybridized carbons (Fsp3) is 0.455. The van der Waals surface area contributed by atoms with E-state index in [1.807, 2.05) is 11.9 Å². The fourth-order valence-electron chi connectivity index (χ4n) is 0.822. The summed E-state index contributed by atoms with van der Waals surface area (Å²) in [7, 11) is 1.95. The second-order valence-electron chi connectivity index (χ2n) is 3.34. The molecule has 0 rings (SSSR count). The van der Waals surface area contributed by atoms with Crippen LogP contribution < -0.4 is 0 Å². The molecule has 74 valence electrons. The van der Waals surface area contributed by atoms with Gasteiger partial charge in [0.2, 0.25) is 0 Å². The third-order valence-corrected chi connectivity index (χ3v) is 1.97. The first-order chi connectivity index (χ1) is 5.99. The topological polar surface area (TPSA) is 3.24 Å². The zero-order valence-corrected chi connectivity index (χ0v) is 8.68. The minimum Gasteiger partial charge on any atom is -0.300 e. The first kappa shape index (κ1) is 12.1. The van der Waals surface area contributed by atoms with Gasteiger partial charge in [-0.15, -0.1) is 0 Å². The first-order valence-electron chi connectivity index (χ1n) is 4.35. The van der Waals surface area contributed by atoms with Crippen molar-refractivity contribution in [2.24, 2.45) is 0 Å². The van der Waals surface area contributed by atoms with Crippen molar-refractivity contribution in [2.75, 3.05) is 13.6 Å². The number of halogens is 1. The van der Waals surface area contributed by atoms with Gasteiger partial charge in [0, 0.05) is 18.2 Å². The maximum Gasteiger partial charge on any atom is 0.120 e. The van der Waals surface area contributed by atoms with E-state index < -0.39 is 0 Å². The molecule has 13 heavy (non-hydrogen) atoms. The predicted octanol–water partition coefficient (Wildman–Crippen LogP) is 2.92. The normalized spacial score (nSPS) is 12.3. The zero-order chi connectivity index (χ0) is 10.4. The van der Waals surface area contributed by atoms with E-state index in [-0.39, 0.29) is 5.83 Å². The molecule has 0 aromatic rings. The number of nitrogens with zero attached hydrogens (tertiary/aromatic N) is 1. The highest BCUT2D eigenvalue weighted by Crippen LogP contribution is 2.11. The molecule has 0 aromatic heterocycles. The summed E-state index contributed by atoms with van der Waals surface area (Å²) in [6.45, 7) is 11.5. The summed E-state index contributed by atoms with van der Waals surface area (Å²) in [4.78, 5) is 2.04. The van der Waals surface area contributed by atoms with Gasteiger partial charge in [0.05, 0.1) is 0 Å². The second kappa shape index (κ2) is 5.70. The van der Waals surface area contributed by atoms with Crippen molar-refractivity contribution in [2.45, 2.75) is 19.9 Å². The molecule has 0 amide bonds. The number of hydrogen-bond donors (Lipinski definition) is 0. The van der Waals surface area contributed by atoms with Crippen LogP contribution in [0.3, 0.4) is 0 Å². The van der Waals surface area contributed by atoms with Crippen molar-refractivity contribution < 1.29 is 4.39 Å². The van der Waals surface area contributed by atoms with Crippen molar-refractivity contribution >= 4 is 0 Å². The van der Waals surface area contributed by atoms with Gasteiger partial charge in [-0.3, -0.25) is 4.90 Å². The fourth-order valence-corrected chi connectivity index (χ4v) is 0.822. The summed E-state index contributed by atoms with van der Waals surface area (Å²) in [5.74, 6) is -0.382. The molecule has 0 atom stereocenters. The van der Waals surface area contributed by atoms with Gasteiger partial charge in [-0.25, -0.2) is 4.39 Å². The Morgan fingerprint density at radius 1 is 1.54 bits per heavy atom. The Morgan fingerprint density at radius 2 is 2.08 bits per heavy atom. The maximum absolute atomic E-state index is 12.8. The molecule has 0 aromatic carbocycles. The molecule has 0 heterocycles. The van der Waals surface area contributed by atoms with Gasteiger partial charge in [0.1, 0.15) is 5.83 Å². The molecule has 0 saturated heterocycles. The molecule has 2 heteroatoms. The van der Waals surface area contributed by atoms with Gasteiger partial charge in [0.25, 0.3) is 0 Å². The van der Waals surface area contributed by atoms with Crippen LogP contribution in [0.4, 0.5) is 4.39 Å². The summed E-state index contributed by atoms with van der Waals surface area (Å²) in [6, 6.07) is 0.396. The summed E-state index contributed by atoms with van der Waals surface area (Å²) >= 11 is 0. The van der Waals surface area contributed by atoms with Crippen LogP contribution >= 0.6 is 0 Å². The summed E-state index contributed by atoms with van der Waals surface area (Å²) < 4.78 is 12.8. The average molecular weight is 183 g/mol. The standard InChI is InChI=1S/C11H18FN/c1-6-7-11(10(4)12)8-13(5)9(2)3/h6-7,9H,1,4,8H2,2-3,5H3/b11-7-. The van der Waals surface area contributed by atoms with Crippen molar-refractivity contribution in [3.63, 3.8) is 0 Å². The third-order valence-electron chi connectivity index (χ3n) is 1.97. The minimum atomic E-state index is -0.382. The lowest BCUT2D eigenvalue weighted by molar-refractivity contribution is 0.295. The summed E-state index contributed by atoms with van der Waals surface area (Å²) in [6.07, 6.45) is 3.23. The highest BCUT2D eigenvalue weighted by atomic mass is 19.1. The highest BCUT2D eigenvalue weighted by Gasteiger charge is 2.07. The molecule has 0 unspecified atom stereocenters. The Labute approximate surface area is 80.2 Å². The van der Waals surface area contributed by atoms with Crippen LogP contribution in [0.15, 0.2) is 36.7 Å². The van der Waals surface area contributed by atoms with E-state index >= 15 is 0 Å². The monoisotopic (exact) mass is 183 g/mol. The largest absolute Gasteiger partial charge is 0.300 e. The Kier molecular flexibility index (Phi) is 5.31. The molecule has 1 nitrogen and oxygen atoms in total. The molecule has 0 spiro atoms. The average Bonchev–Trinajstić information content (AvgIpc) is 2.03. The summed E-state index contributed by atoms with van der Waals surface area (Å²) in [5, 5.41) is 0. The smallest absolute Gasteiger partial charge is 0.120 e. The van der Waals surface area contributed by atoms with Gasteiger partial charge < -0.3 is 0 Å². The van der Waals surface area contributed by atoms with Crippen LogP contribution in [-0.2, 0) is 0 Å². The van der Waals surface area contributed by atoms with Crippen molar-refractivity contribution in [3.8, 4) is 0 Å². The van der Waals surface area contributed by atoms with Crippen LogP contribution in [0, 0.1) is 0 Å². The van der Waals surface area contributed by atoms with Gasteiger partial charge in [0.15, 0.2) is 0 Å². The van der Waals surface area contributed by atoms with E-state index in [1.165, 1.54) is 0 Å². The van der Waals surface area contributed by atoms with Crippen molar-refractivity contribution in [1.29, 1.82) is 0 Å². The highest BCUT2D eigenvalue weighted by molar-refractivity contribution is 5.27. The lowest BCUT2D eigenvalue weighted by Crippen LogP contribution is -2.28. The van der Waals surface area contributed by atoms with E-state index in [1.54, 1.807) is 12.2 Å². The quantitative estimate of drug-likeness (QED) is 0.592. The molecule has 0 bridgehead atoms. The molecule has 0 aliphatic rings. The molecule has 0 radical (unpaired) electrons.